The molecule has 152 valence electrons. The zero-order valence-corrected chi connectivity index (χ0v) is 18.1. The van der Waals surface area contributed by atoms with Crippen LogP contribution in [0, 0.1) is 0 Å². The van der Waals surface area contributed by atoms with E-state index >= 15 is 0 Å². The Morgan fingerprint density at radius 3 is 1.90 bits per heavy atom. The summed E-state index contributed by atoms with van der Waals surface area (Å²) in [7, 11) is -5.12. The van der Waals surface area contributed by atoms with Crippen molar-refractivity contribution in [2.24, 2.45) is 0 Å². The Morgan fingerprint density at radius 2 is 1.34 bits per heavy atom. The number of hydrogen-bond donors (Lipinski definition) is 3. The van der Waals surface area contributed by atoms with Gasteiger partial charge in [-0.2, -0.15) is 8.42 Å². The van der Waals surface area contributed by atoms with E-state index in [1.165, 1.54) is 36.4 Å². The lowest BCUT2D eigenvalue weighted by Gasteiger charge is -2.34. The van der Waals surface area contributed by atoms with Crippen LogP contribution in [0.1, 0.15) is 16.7 Å². The van der Waals surface area contributed by atoms with Crippen molar-refractivity contribution in [1.29, 1.82) is 0 Å². The predicted octanol–water partition coefficient (Wildman–Crippen LogP) is 5.89. The Hall–Kier alpha value is -1.67. The lowest BCUT2D eigenvalue weighted by Crippen LogP contribution is -2.39. The molecule has 0 amide bonds. The molecule has 0 heterocycles. The van der Waals surface area contributed by atoms with Crippen LogP contribution in [0.5, 0.6) is 11.5 Å². The van der Waals surface area contributed by atoms with Gasteiger partial charge in [0.2, 0.25) is 0 Å². The van der Waals surface area contributed by atoms with E-state index in [1.54, 1.807) is 0 Å². The zero-order valence-electron chi connectivity index (χ0n) is 14.3. The van der Waals surface area contributed by atoms with Gasteiger partial charge < -0.3 is 10.2 Å². The van der Waals surface area contributed by atoms with Crippen LogP contribution in [0.3, 0.4) is 0 Å². The van der Waals surface area contributed by atoms with Crippen LogP contribution in [0.4, 0.5) is 0 Å². The molecule has 1 unspecified atom stereocenters. The first kappa shape index (κ1) is 22.0. The van der Waals surface area contributed by atoms with E-state index in [-0.39, 0.29) is 42.5 Å². The Balaban J connectivity index is 2.66. The maximum absolute atomic E-state index is 13.0. The van der Waals surface area contributed by atoms with Gasteiger partial charge in [0.15, 0.2) is 4.75 Å². The highest BCUT2D eigenvalue weighted by molar-refractivity contribution is 7.87. The minimum atomic E-state index is -5.12. The van der Waals surface area contributed by atoms with E-state index in [0.717, 1.165) is 18.2 Å². The molecule has 0 saturated carbocycles. The summed E-state index contributed by atoms with van der Waals surface area (Å²) in [5.41, 5.74) is -0.581. The molecule has 5 nitrogen and oxygen atoms in total. The molecule has 0 spiro atoms. The van der Waals surface area contributed by atoms with Gasteiger partial charge in [-0.25, -0.2) is 0 Å². The summed E-state index contributed by atoms with van der Waals surface area (Å²) in [4.78, 5) is 0. The highest BCUT2D eigenvalue weighted by Gasteiger charge is 2.52. The molecule has 0 bridgehead atoms. The molecule has 0 aromatic heterocycles. The van der Waals surface area contributed by atoms with Gasteiger partial charge in [0.05, 0.1) is 5.02 Å². The van der Waals surface area contributed by atoms with Gasteiger partial charge in [-0.15, -0.1) is 0 Å². The molecule has 10 heteroatoms. The molecule has 3 aromatic rings. The van der Waals surface area contributed by atoms with Gasteiger partial charge in [-0.05, 0) is 42.0 Å². The van der Waals surface area contributed by atoms with E-state index in [1.807, 2.05) is 0 Å². The molecular formula is C19H12Cl4O5S. The quantitative estimate of drug-likeness (QED) is 0.311. The van der Waals surface area contributed by atoms with E-state index in [9.17, 15) is 23.2 Å². The van der Waals surface area contributed by atoms with Crippen molar-refractivity contribution >= 4 is 56.5 Å². The first-order valence-corrected chi connectivity index (χ1v) is 10.8. The van der Waals surface area contributed by atoms with E-state index in [4.69, 9.17) is 46.4 Å². The molecule has 0 saturated heterocycles. The fraction of sp³-hybridized carbons (Fsp3) is 0.0526. The normalized spacial score (nSPS) is 13.8. The minimum absolute atomic E-state index is 0.0935. The van der Waals surface area contributed by atoms with Crippen LogP contribution in [-0.2, 0) is 14.9 Å². The number of halogens is 4. The second-order valence-corrected chi connectivity index (χ2v) is 9.28. The number of phenols is 2. The smallest absolute Gasteiger partial charge is 0.283 e. The summed E-state index contributed by atoms with van der Waals surface area (Å²) in [6.45, 7) is 0. The number of rotatable bonds is 4. The van der Waals surface area contributed by atoms with Crippen LogP contribution < -0.4 is 0 Å². The third kappa shape index (κ3) is 3.65. The molecule has 0 aliphatic heterocycles. The Labute approximate surface area is 186 Å². The fourth-order valence-electron chi connectivity index (χ4n) is 3.22. The lowest BCUT2D eigenvalue weighted by molar-refractivity contribution is 0.455. The molecule has 1 atom stereocenters. The van der Waals surface area contributed by atoms with Crippen LogP contribution >= 0.6 is 46.4 Å². The second kappa shape index (κ2) is 7.87. The lowest BCUT2D eigenvalue weighted by atomic mass is 9.83. The first-order valence-electron chi connectivity index (χ1n) is 7.89. The van der Waals surface area contributed by atoms with Crippen molar-refractivity contribution in [3.63, 3.8) is 0 Å². The minimum Gasteiger partial charge on any atom is -0.508 e. The fourth-order valence-corrected chi connectivity index (χ4v) is 5.94. The first-order chi connectivity index (χ1) is 13.5. The Kier molecular flexibility index (Phi) is 5.98. The number of phenolic OH excluding ortho intramolecular Hbond substituents is 2. The van der Waals surface area contributed by atoms with E-state index < -0.39 is 20.6 Å². The molecule has 0 aliphatic rings. The second-order valence-electron chi connectivity index (χ2n) is 6.09. The summed E-state index contributed by atoms with van der Waals surface area (Å²) in [5.74, 6) is -0.768. The maximum Gasteiger partial charge on any atom is 0.283 e. The average Bonchev–Trinajstić information content (AvgIpc) is 2.61. The summed E-state index contributed by atoms with van der Waals surface area (Å²) in [6, 6.07) is 11.5. The monoisotopic (exact) mass is 492 g/mol. The van der Waals surface area contributed by atoms with Crippen LogP contribution in [0.15, 0.2) is 54.6 Å². The average molecular weight is 494 g/mol. The van der Waals surface area contributed by atoms with Gasteiger partial charge in [-0.3, -0.25) is 4.55 Å². The standard InChI is InChI=1S/C19H12Cl4O5S/c20-13-5-2-6-14(21)18(13)19(29(26,27)28,10-3-1-4-11(24)7-10)12-8-17(25)16(23)9-15(12)22/h1-9,24-25H,(H,26,27,28). The highest BCUT2D eigenvalue weighted by Crippen LogP contribution is 2.52. The van der Waals surface area contributed by atoms with Crippen molar-refractivity contribution in [3.8, 4) is 11.5 Å². The van der Waals surface area contributed by atoms with Gasteiger partial charge in [0.25, 0.3) is 10.1 Å². The van der Waals surface area contributed by atoms with Gasteiger partial charge in [-0.1, -0.05) is 64.6 Å². The largest absolute Gasteiger partial charge is 0.508 e. The van der Waals surface area contributed by atoms with Gasteiger partial charge >= 0.3 is 0 Å². The third-order valence-electron chi connectivity index (χ3n) is 4.37. The van der Waals surface area contributed by atoms with E-state index in [0.29, 0.717) is 0 Å². The van der Waals surface area contributed by atoms with Crippen molar-refractivity contribution < 1.29 is 23.2 Å². The maximum atomic E-state index is 13.0. The van der Waals surface area contributed by atoms with Crippen molar-refractivity contribution in [3.05, 3.63) is 91.4 Å². The van der Waals surface area contributed by atoms with Gasteiger partial charge in [0.1, 0.15) is 11.5 Å². The molecular weight excluding hydrogens is 482 g/mol. The molecule has 0 radical (unpaired) electrons. The Bertz CT molecular complexity index is 1190. The third-order valence-corrected chi connectivity index (χ3v) is 7.05. The molecule has 3 rings (SSSR count). The zero-order chi connectivity index (χ0) is 21.6. The highest BCUT2D eigenvalue weighted by atomic mass is 35.5. The summed E-state index contributed by atoms with van der Waals surface area (Å²) in [6.07, 6.45) is 0. The van der Waals surface area contributed by atoms with Crippen LogP contribution in [0.25, 0.3) is 0 Å². The van der Waals surface area contributed by atoms with E-state index in [2.05, 4.69) is 0 Å². The molecule has 29 heavy (non-hydrogen) atoms. The summed E-state index contributed by atoms with van der Waals surface area (Å²) < 4.78 is 34.0. The van der Waals surface area contributed by atoms with Crippen molar-refractivity contribution in [2.75, 3.05) is 0 Å². The summed E-state index contributed by atoms with van der Waals surface area (Å²) in [5, 5.41) is 19.6. The number of aromatic hydroxyl groups is 2. The Morgan fingerprint density at radius 1 is 0.759 bits per heavy atom. The molecule has 0 aliphatic carbocycles. The van der Waals surface area contributed by atoms with Crippen LogP contribution in [-0.4, -0.2) is 23.2 Å². The predicted molar refractivity (Wildman–Crippen MR) is 114 cm³/mol. The number of hydrogen-bond acceptors (Lipinski definition) is 4. The molecule has 0 fully saturated rings. The topological polar surface area (TPSA) is 94.8 Å². The SMILES string of the molecule is O=S(=O)(O)C(c1cccc(O)c1)(c1cc(O)c(Cl)cc1Cl)c1c(Cl)cccc1Cl. The number of benzene rings is 3. The van der Waals surface area contributed by atoms with Crippen molar-refractivity contribution in [1.82, 2.24) is 0 Å². The summed E-state index contributed by atoms with van der Waals surface area (Å²) >= 11 is 24.9. The van der Waals surface area contributed by atoms with Crippen LogP contribution in [0.2, 0.25) is 20.1 Å². The molecule has 3 aromatic carbocycles. The van der Waals surface area contributed by atoms with Gasteiger partial charge in [0, 0.05) is 26.2 Å². The molecule has 3 N–H and O–H groups in total. The van der Waals surface area contributed by atoms with Crippen molar-refractivity contribution in [2.45, 2.75) is 4.75 Å².